The third-order valence-electron chi connectivity index (χ3n) is 3.67. The molecular formula is C18H39NO4. The molecular weight excluding hydrogens is 294 g/mol. The topological polar surface area (TPSA) is 62.2 Å². The Hall–Kier alpha value is -0.200. The summed E-state index contributed by atoms with van der Waals surface area (Å²) in [7, 11) is 0. The number of hydrogen-bond acceptors (Lipinski definition) is 5. The predicted molar refractivity (Wildman–Crippen MR) is 94.8 cm³/mol. The van der Waals surface area contributed by atoms with Gasteiger partial charge in [-0.1, -0.05) is 40.0 Å². The third kappa shape index (κ3) is 15.1. The summed E-state index contributed by atoms with van der Waals surface area (Å²) in [6.07, 6.45) is 5.41. The van der Waals surface area contributed by atoms with Crippen LogP contribution in [0.3, 0.4) is 0 Å². The second kappa shape index (κ2) is 16.7. The summed E-state index contributed by atoms with van der Waals surface area (Å²) >= 11 is 0. The van der Waals surface area contributed by atoms with Crippen LogP contribution in [0.5, 0.6) is 0 Å². The minimum atomic E-state index is -0.503. The molecule has 23 heavy (non-hydrogen) atoms. The fourth-order valence-corrected chi connectivity index (χ4v) is 2.27. The normalized spacial score (nSPS) is 14.3. The lowest BCUT2D eigenvalue weighted by Crippen LogP contribution is -2.41. The molecule has 0 saturated carbocycles. The van der Waals surface area contributed by atoms with E-state index < -0.39 is 12.2 Å². The van der Waals surface area contributed by atoms with Crippen molar-refractivity contribution in [1.29, 1.82) is 0 Å². The molecule has 0 bridgehead atoms. The van der Waals surface area contributed by atoms with Crippen LogP contribution in [-0.2, 0) is 9.47 Å². The molecule has 2 atom stereocenters. The maximum atomic E-state index is 10.1. The van der Waals surface area contributed by atoms with Crippen LogP contribution in [0.4, 0.5) is 0 Å². The van der Waals surface area contributed by atoms with E-state index in [4.69, 9.17) is 9.47 Å². The quantitative estimate of drug-likeness (QED) is 0.400. The van der Waals surface area contributed by atoms with Crippen molar-refractivity contribution in [2.45, 2.75) is 71.5 Å². The zero-order valence-corrected chi connectivity index (χ0v) is 15.5. The molecule has 0 aromatic heterocycles. The second-order valence-corrected chi connectivity index (χ2v) is 6.28. The van der Waals surface area contributed by atoms with Crippen LogP contribution in [0.2, 0.25) is 0 Å². The van der Waals surface area contributed by atoms with E-state index in [1.54, 1.807) is 0 Å². The SMILES string of the molecule is CCCCOC[C@@H](O)CN(CCCC)C[C@H](O)COCCCC. The van der Waals surface area contributed by atoms with E-state index >= 15 is 0 Å². The minimum Gasteiger partial charge on any atom is -0.389 e. The van der Waals surface area contributed by atoms with E-state index in [1.165, 1.54) is 0 Å². The summed E-state index contributed by atoms with van der Waals surface area (Å²) in [5, 5.41) is 20.2. The van der Waals surface area contributed by atoms with Gasteiger partial charge in [-0.2, -0.15) is 0 Å². The summed E-state index contributed by atoms with van der Waals surface area (Å²) < 4.78 is 10.9. The average Bonchev–Trinajstić information content (AvgIpc) is 2.53. The summed E-state index contributed by atoms with van der Waals surface area (Å²) in [5.74, 6) is 0. The minimum absolute atomic E-state index is 0.367. The Bertz CT molecular complexity index is 221. The maximum Gasteiger partial charge on any atom is 0.0900 e. The van der Waals surface area contributed by atoms with E-state index in [9.17, 15) is 10.2 Å². The Kier molecular flexibility index (Phi) is 16.5. The van der Waals surface area contributed by atoms with Gasteiger partial charge in [0.15, 0.2) is 0 Å². The number of aliphatic hydroxyl groups excluding tert-OH is 2. The van der Waals surface area contributed by atoms with Crippen LogP contribution in [0.25, 0.3) is 0 Å². The zero-order chi connectivity index (χ0) is 17.3. The van der Waals surface area contributed by atoms with Crippen LogP contribution >= 0.6 is 0 Å². The van der Waals surface area contributed by atoms with E-state index in [1.807, 2.05) is 0 Å². The van der Waals surface area contributed by atoms with Gasteiger partial charge in [0.2, 0.25) is 0 Å². The highest BCUT2D eigenvalue weighted by molar-refractivity contribution is 4.69. The molecule has 0 rings (SSSR count). The summed E-state index contributed by atoms with van der Waals surface area (Å²) in [4.78, 5) is 2.12. The number of rotatable bonds is 17. The summed E-state index contributed by atoms with van der Waals surface area (Å²) in [6.45, 7) is 10.5. The molecule has 0 unspecified atom stereocenters. The average molecular weight is 334 g/mol. The molecule has 0 aliphatic heterocycles. The highest BCUT2D eigenvalue weighted by atomic mass is 16.5. The van der Waals surface area contributed by atoms with Gasteiger partial charge in [0.25, 0.3) is 0 Å². The van der Waals surface area contributed by atoms with E-state index in [0.717, 1.165) is 45.1 Å². The Labute approximate surface area is 143 Å². The Morgan fingerprint density at radius 1 is 0.739 bits per heavy atom. The van der Waals surface area contributed by atoms with Gasteiger partial charge in [-0.25, -0.2) is 0 Å². The van der Waals surface area contributed by atoms with Crippen LogP contribution in [0.1, 0.15) is 59.3 Å². The fraction of sp³-hybridized carbons (Fsp3) is 1.00. The van der Waals surface area contributed by atoms with Crippen LogP contribution in [-0.4, -0.2) is 73.4 Å². The monoisotopic (exact) mass is 333 g/mol. The van der Waals surface area contributed by atoms with Crippen molar-refractivity contribution in [3.05, 3.63) is 0 Å². The Morgan fingerprint density at radius 2 is 1.17 bits per heavy atom. The molecule has 2 N–H and O–H groups in total. The number of unbranched alkanes of at least 4 members (excludes halogenated alkanes) is 3. The van der Waals surface area contributed by atoms with Crippen molar-refractivity contribution in [3.8, 4) is 0 Å². The molecule has 140 valence electrons. The summed E-state index contributed by atoms with van der Waals surface area (Å²) in [6, 6.07) is 0. The standard InChI is InChI=1S/C18H39NO4/c1-4-7-10-19(13-17(20)15-22-11-8-5-2)14-18(21)16-23-12-9-6-3/h17-18,20-21H,4-16H2,1-3H3/t17-,18-/m0/s1. The van der Waals surface area contributed by atoms with Gasteiger partial charge in [0.05, 0.1) is 25.4 Å². The molecule has 0 fully saturated rings. The first-order chi connectivity index (χ1) is 11.1. The van der Waals surface area contributed by atoms with Crippen molar-refractivity contribution in [1.82, 2.24) is 4.90 Å². The zero-order valence-electron chi connectivity index (χ0n) is 15.5. The van der Waals surface area contributed by atoms with Gasteiger partial charge in [-0.3, -0.25) is 4.90 Å². The highest BCUT2D eigenvalue weighted by Gasteiger charge is 2.15. The summed E-state index contributed by atoms with van der Waals surface area (Å²) in [5.41, 5.74) is 0. The molecule has 0 saturated heterocycles. The first-order valence-corrected chi connectivity index (χ1v) is 9.37. The molecule has 0 aliphatic rings. The van der Waals surface area contributed by atoms with Crippen molar-refractivity contribution in [2.75, 3.05) is 46.1 Å². The van der Waals surface area contributed by atoms with Crippen LogP contribution in [0, 0.1) is 0 Å². The third-order valence-corrected chi connectivity index (χ3v) is 3.67. The van der Waals surface area contributed by atoms with Crippen molar-refractivity contribution >= 4 is 0 Å². The van der Waals surface area contributed by atoms with Gasteiger partial charge in [-0.05, 0) is 25.8 Å². The van der Waals surface area contributed by atoms with Gasteiger partial charge in [0.1, 0.15) is 0 Å². The highest BCUT2D eigenvalue weighted by Crippen LogP contribution is 2.02. The number of nitrogens with zero attached hydrogens (tertiary/aromatic N) is 1. The lowest BCUT2D eigenvalue weighted by Gasteiger charge is -2.27. The molecule has 0 aromatic carbocycles. The van der Waals surface area contributed by atoms with E-state index in [-0.39, 0.29) is 0 Å². The van der Waals surface area contributed by atoms with Crippen LogP contribution < -0.4 is 0 Å². The van der Waals surface area contributed by atoms with Gasteiger partial charge in [-0.15, -0.1) is 0 Å². The van der Waals surface area contributed by atoms with Gasteiger partial charge < -0.3 is 19.7 Å². The number of hydrogen-bond donors (Lipinski definition) is 2. The van der Waals surface area contributed by atoms with Gasteiger partial charge >= 0.3 is 0 Å². The lowest BCUT2D eigenvalue weighted by atomic mass is 10.2. The Morgan fingerprint density at radius 3 is 1.57 bits per heavy atom. The first-order valence-electron chi connectivity index (χ1n) is 9.37. The van der Waals surface area contributed by atoms with Crippen molar-refractivity contribution in [3.63, 3.8) is 0 Å². The smallest absolute Gasteiger partial charge is 0.0900 e. The molecule has 5 heteroatoms. The molecule has 0 aliphatic carbocycles. The van der Waals surface area contributed by atoms with E-state index in [0.29, 0.717) is 39.5 Å². The van der Waals surface area contributed by atoms with Crippen molar-refractivity contribution in [2.24, 2.45) is 0 Å². The maximum absolute atomic E-state index is 10.1. The lowest BCUT2D eigenvalue weighted by molar-refractivity contribution is -0.0109. The molecule has 0 amide bonds. The largest absolute Gasteiger partial charge is 0.389 e. The van der Waals surface area contributed by atoms with Crippen molar-refractivity contribution < 1.29 is 19.7 Å². The number of aliphatic hydroxyl groups is 2. The first kappa shape index (κ1) is 22.8. The van der Waals surface area contributed by atoms with Gasteiger partial charge in [0, 0.05) is 26.3 Å². The van der Waals surface area contributed by atoms with E-state index in [2.05, 4.69) is 25.7 Å². The number of ether oxygens (including phenoxy) is 2. The van der Waals surface area contributed by atoms with Crippen LogP contribution in [0.15, 0.2) is 0 Å². The Balaban J connectivity index is 4.02. The molecule has 5 nitrogen and oxygen atoms in total. The second-order valence-electron chi connectivity index (χ2n) is 6.28. The fourth-order valence-electron chi connectivity index (χ4n) is 2.27. The molecule has 0 radical (unpaired) electrons. The molecule has 0 heterocycles. The molecule has 0 spiro atoms. The molecule has 0 aromatic rings. The predicted octanol–water partition coefficient (Wildman–Crippen LogP) is 2.44.